The molecule has 0 atom stereocenters. The molecule has 2 aromatic rings. The number of fused-ring (bicyclic) bond motifs is 1. The van der Waals surface area contributed by atoms with Crippen LogP contribution >= 0.6 is 0 Å². The monoisotopic (exact) mass is 245 g/mol. The molecule has 0 aliphatic heterocycles. The summed E-state index contributed by atoms with van der Waals surface area (Å²) in [6, 6.07) is 12.4. The minimum Gasteiger partial charge on any atom is -0.496 e. The van der Waals surface area contributed by atoms with Crippen LogP contribution in [0, 0.1) is 0 Å². The second kappa shape index (κ2) is 6.38. The van der Waals surface area contributed by atoms with Crippen LogP contribution < -0.4 is 10.1 Å². The van der Waals surface area contributed by atoms with Gasteiger partial charge in [-0.15, -0.1) is 0 Å². The van der Waals surface area contributed by atoms with Crippen LogP contribution in [0.5, 0.6) is 5.75 Å². The highest BCUT2D eigenvalue weighted by atomic mass is 16.5. The molecule has 0 bridgehead atoms. The van der Waals surface area contributed by atoms with Gasteiger partial charge in [-0.2, -0.15) is 0 Å². The molecule has 0 heterocycles. The third-order valence-electron chi connectivity index (χ3n) is 2.99. The second-order valence-corrected chi connectivity index (χ2v) is 4.14. The van der Waals surface area contributed by atoms with Gasteiger partial charge in [-0.3, -0.25) is 0 Å². The zero-order valence-electron chi connectivity index (χ0n) is 10.9. The molecule has 1 N–H and O–H groups in total. The number of ether oxygens (including phenoxy) is 2. The van der Waals surface area contributed by atoms with Crippen molar-refractivity contribution in [2.75, 3.05) is 27.4 Å². The standard InChI is InChI=1S/C15H19NO2/c1-17-10-9-16-11-12-7-8-15(18-2)14-6-4-3-5-13(12)14/h3-8,16H,9-11H2,1-2H3. The molecule has 96 valence electrons. The minimum absolute atomic E-state index is 0.730. The predicted octanol–water partition coefficient (Wildman–Crippen LogP) is 2.58. The molecule has 0 radical (unpaired) electrons. The molecular formula is C15H19NO2. The molecule has 0 saturated carbocycles. The molecule has 0 saturated heterocycles. The number of rotatable bonds is 6. The lowest BCUT2D eigenvalue weighted by atomic mass is 10.0. The molecule has 2 aromatic carbocycles. The Morgan fingerprint density at radius 3 is 2.50 bits per heavy atom. The summed E-state index contributed by atoms with van der Waals surface area (Å²) in [7, 11) is 3.42. The van der Waals surface area contributed by atoms with Gasteiger partial charge >= 0.3 is 0 Å². The van der Waals surface area contributed by atoms with Crippen molar-refractivity contribution in [2.24, 2.45) is 0 Å². The molecule has 3 heteroatoms. The number of methoxy groups -OCH3 is 2. The Labute approximate surface area is 108 Å². The Balaban J connectivity index is 2.23. The number of hydrogen-bond donors (Lipinski definition) is 1. The highest BCUT2D eigenvalue weighted by Gasteiger charge is 2.05. The zero-order valence-corrected chi connectivity index (χ0v) is 10.9. The van der Waals surface area contributed by atoms with Crippen LogP contribution in [0.15, 0.2) is 36.4 Å². The van der Waals surface area contributed by atoms with Gasteiger partial charge in [0.1, 0.15) is 5.75 Å². The van der Waals surface area contributed by atoms with E-state index in [1.165, 1.54) is 10.9 Å². The van der Waals surface area contributed by atoms with Gasteiger partial charge in [0, 0.05) is 25.6 Å². The van der Waals surface area contributed by atoms with E-state index in [9.17, 15) is 0 Å². The lowest BCUT2D eigenvalue weighted by molar-refractivity contribution is 0.199. The smallest absolute Gasteiger partial charge is 0.126 e. The van der Waals surface area contributed by atoms with Gasteiger partial charge in [0.05, 0.1) is 13.7 Å². The van der Waals surface area contributed by atoms with Crippen molar-refractivity contribution in [3.63, 3.8) is 0 Å². The Kier molecular flexibility index (Phi) is 4.56. The van der Waals surface area contributed by atoms with Crippen LogP contribution in [0.3, 0.4) is 0 Å². The summed E-state index contributed by atoms with van der Waals surface area (Å²) in [5, 5.41) is 5.76. The van der Waals surface area contributed by atoms with Crippen LogP contribution in [-0.4, -0.2) is 27.4 Å². The van der Waals surface area contributed by atoms with Crippen molar-refractivity contribution in [3.05, 3.63) is 42.0 Å². The molecule has 2 rings (SSSR count). The van der Waals surface area contributed by atoms with Gasteiger partial charge in [-0.05, 0) is 17.0 Å². The maximum Gasteiger partial charge on any atom is 0.126 e. The van der Waals surface area contributed by atoms with Crippen molar-refractivity contribution in [2.45, 2.75) is 6.54 Å². The van der Waals surface area contributed by atoms with Crippen molar-refractivity contribution in [3.8, 4) is 5.75 Å². The van der Waals surface area contributed by atoms with Gasteiger partial charge in [0.25, 0.3) is 0 Å². The van der Waals surface area contributed by atoms with E-state index in [2.05, 4.69) is 29.6 Å². The molecule has 0 amide bonds. The molecule has 0 aromatic heterocycles. The normalized spacial score (nSPS) is 10.8. The van der Waals surface area contributed by atoms with E-state index >= 15 is 0 Å². The quantitative estimate of drug-likeness (QED) is 0.793. The fourth-order valence-electron chi connectivity index (χ4n) is 2.06. The molecule has 0 aliphatic rings. The minimum atomic E-state index is 0.730. The van der Waals surface area contributed by atoms with E-state index in [0.29, 0.717) is 0 Å². The Hall–Kier alpha value is -1.58. The van der Waals surface area contributed by atoms with Crippen LogP contribution in [0.25, 0.3) is 10.8 Å². The fourth-order valence-corrected chi connectivity index (χ4v) is 2.06. The summed E-state index contributed by atoms with van der Waals surface area (Å²) in [5.74, 6) is 0.922. The average Bonchev–Trinajstić information content (AvgIpc) is 2.43. The first kappa shape index (κ1) is 12.9. The number of nitrogens with one attached hydrogen (secondary N) is 1. The molecular weight excluding hydrogens is 226 g/mol. The maximum absolute atomic E-state index is 5.39. The first-order valence-corrected chi connectivity index (χ1v) is 6.11. The third-order valence-corrected chi connectivity index (χ3v) is 2.99. The fraction of sp³-hybridized carbons (Fsp3) is 0.333. The molecule has 3 nitrogen and oxygen atoms in total. The molecule has 0 aliphatic carbocycles. The average molecular weight is 245 g/mol. The SMILES string of the molecule is COCCNCc1ccc(OC)c2ccccc12. The van der Waals surface area contributed by atoms with E-state index < -0.39 is 0 Å². The van der Waals surface area contributed by atoms with E-state index in [-0.39, 0.29) is 0 Å². The van der Waals surface area contributed by atoms with E-state index in [1.54, 1.807) is 14.2 Å². The van der Waals surface area contributed by atoms with Crippen LogP contribution in [0.4, 0.5) is 0 Å². The van der Waals surface area contributed by atoms with E-state index in [1.807, 2.05) is 12.1 Å². The van der Waals surface area contributed by atoms with Crippen molar-refractivity contribution < 1.29 is 9.47 Å². The van der Waals surface area contributed by atoms with Gasteiger partial charge in [-0.1, -0.05) is 30.3 Å². The first-order chi connectivity index (χ1) is 8.86. The van der Waals surface area contributed by atoms with Gasteiger partial charge in [0.2, 0.25) is 0 Å². The van der Waals surface area contributed by atoms with Gasteiger partial charge in [-0.25, -0.2) is 0 Å². The summed E-state index contributed by atoms with van der Waals surface area (Å²) in [4.78, 5) is 0. The van der Waals surface area contributed by atoms with Crippen LogP contribution in [-0.2, 0) is 11.3 Å². The van der Waals surface area contributed by atoms with Crippen LogP contribution in [0.1, 0.15) is 5.56 Å². The predicted molar refractivity (Wildman–Crippen MR) is 74.1 cm³/mol. The van der Waals surface area contributed by atoms with Gasteiger partial charge < -0.3 is 14.8 Å². The van der Waals surface area contributed by atoms with Gasteiger partial charge in [0.15, 0.2) is 0 Å². The maximum atomic E-state index is 5.39. The Morgan fingerprint density at radius 2 is 1.78 bits per heavy atom. The summed E-state index contributed by atoms with van der Waals surface area (Å²) < 4.78 is 10.4. The third kappa shape index (κ3) is 2.81. The second-order valence-electron chi connectivity index (χ2n) is 4.14. The highest BCUT2D eigenvalue weighted by molar-refractivity contribution is 5.91. The summed E-state index contributed by atoms with van der Waals surface area (Å²) >= 11 is 0. The summed E-state index contributed by atoms with van der Waals surface area (Å²) in [6.07, 6.45) is 0. The molecule has 0 unspecified atom stereocenters. The summed E-state index contributed by atoms with van der Waals surface area (Å²) in [5.41, 5.74) is 1.28. The van der Waals surface area contributed by atoms with Crippen molar-refractivity contribution in [1.82, 2.24) is 5.32 Å². The number of hydrogen-bond acceptors (Lipinski definition) is 3. The topological polar surface area (TPSA) is 30.5 Å². The van der Waals surface area contributed by atoms with E-state index in [4.69, 9.17) is 9.47 Å². The first-order valence-electron chi connectivity index (χ1n) is 6.11. The Bertz CT molecular complexity index is 511. The van der Waals surface area contributed by atoms with Crippen molar-refractivity contribution >= 4 is 10.8 Å². The lowest BCUT2D eigenvalue weighted by Crippen LogP contribution is -2.18. The van der Waals surface area contributed by atoms with Crippen molar-refractivity contribution in [1.29, 1.82) is 0 Å². The van der Waals surface area contributed by atoms with Crippen LogP contribution in [0.2, 0.25) is 0 Å². The Morgan fingerprint density at radius 1 is 1.00 bits per heavy atom. The largest absolute Gasteiger partial charge is 0.496 e. The number of benzene rings is 2. The highest BCUT2D eigenvalue weighted by Crippen LogP contribution is 2.28. The lowest BCUT2D eigenvalue weighted by Gasteiger charge is -2.11. The molecule has 0 spiro atoms. The zero-order chi connectivity index (χ0) is 12.8. The van der Waals surface area contributed by atoms with E-state index in [0.717, 1.165) is 30.8 Å². The summed E-state index contributed by atoms with van der Waals surface area (Å²) in [6.45, 7) is 2.43. The molecule has 18 heavy (non-hydrogen) atoms. The molecule has 0 fully saturated rings.